The molecule has 2 aromatic carbocycles. The molecule has 3 nitrogen and oxygen atoms in total. The number of carboxylic acids is 1. The molecule has 2 rings (SSSR count). The first-order chi connectivity index (χ1) is 8.97. The number of hydrogen-bond donors (Lipinski definition) is 1. The molecule has 0 aliphatic carbocycles. The molecule has 2 aromatic rings. The summed E-state index contributed by atoms with van der Waals surface area (Å²) in [5.41, 5.74) is 1.23. The van der Waals surface area contributed by atoms with Crippen molar-refractivity contribution in [2.45, 2.75) is 6.92 Å². The molecule has 0 heterocycles. The Bertz CT molecular complexity index is 641. The molecule has 0 spiro atoms. The molecule has 0 bridgehead atoms. The highest BCUT2D eigenvalue weighted by Crippen LogP contribution is 2.34. The Balaban J connectivity index is 2.31. The van der Waals surface area contributed by atoms with E-state index >= 15 is 0 Å². The van der Waals surface area contributed by atoms with Gasteiger partial charge in [-0.15, -0.1) is 0 Å². The number of aryl methyl sites for hydroxylation is 1. The number of halogens is 2. The molecular formula is C14H10BrClO3. The van der Waals surface area contributed by atoms with E-state index in [1.54, 1.807) is 0 Å². The summed E-state index contributed by atoms with van der Waals surface area (Å²) in [7, 11) is 0. The van der Waals surface area contributed by atoms with Crippen molar-refractivity contribution in [2.75, 3.05) is 0 Å². The summed E-state index contributed by atoms with van der Waals surface area (Å²) in [6.07, 6.45) is 0. The second-order valence-corrected chi connectivity index (χ2v) is 5.25. The predicted octanol–water partition coefficient (Wildman–Crippen LogP) is 4.90. The van der Waals surface area contributed by atoms with E-state index in [2.05, 4.69) is 15.9 Å². The van der Waals surface area contributed by atoms with Crippen LogP contribution in [0.25, 0.3) is 0 Å². The van der Waals surface area contributed by atoms with E-state index in [0.717, 1.165) is 10.0 Å². The van der Waals surface area contributed by atoms with Gasteiger partial charge in [-0.1, -0.05) is 17.7 Å². The number of aromatic carboxylic acids is 1. The summed E-state index contributed by atoms with van der Waals surface area (Å²) < 4.78 is 6.47. The van der Waals surface area contributed by atoms with Crippen LogP contribution in [0.4, 0.5) is 0 Å². The Morgan fingerprint density at radius 3 is 2.47 bits per heavy atom. The van der Waals surface area contributed by atoms with E-state index < -0.39 is 5.97 Å². The fourth-order valence-corrected chi connectivity index (χ4v) is 2.32. The molecule has 0 aliphatic heterocycles. The first-order valence-electron chi connectivity index (χ1n) is 5.44. The maximum atomic E-state index is 10.8. The van der Waals surface area contributed by atoms with Crippen molar-refractivity contribution in [1.82, 2.24) is 0 Å². The SMILES string of the molecule is Cc1ccc(Oc2ccc(C(=O)O)cc2Cl)c(Br)c1. The van der Waals surface area contributed by atoms with Crippen LogP contribution in [0.1, 0.15) is 15.9 Å². The van der Waals surface area contributed by atoms with Crippen LogP contribution < -0.4 is 4.74 Å². The first-order valence-corrected chi connectivity index (χ1v) is 6.61. The third-order valence-electron chi connectivity index (χ3n) is 2.49. The molecule has 0 radical (unpaired) electrons. The fraction of sp³-hybridized carbons (Fsp3) is 0.0714. The van der Waals surface area contributed by atoms with Crippen molar-refractivity contribution in [1.29, 1.82) is 0 Å². The van der Waals surface area contributed by atoms with Gasteiger partial charge in [0.25, 0.3) is 0 Å². The zero-order valence-corrected chi connectivity index (χ0v) is 12.3. The first kappa shape index (κ1) is 13.9. The summed E-state index contributed by atoms with van der Waals surface area (Å²) in [5, 5.41) is 9.11. The van der Waals surface area contributed by atoms with Crippen molar-refractivity contribution in [3.63, 3.8) is 0 Å². The smallest absolute Gasteiger partial charge is 0.335 e. The van der Waals surface area contributed by atoms with E-state index in [1.807, 2.05) is 25.1 Å². The molecule has 0 fully saturated rings. The zero-order valence-electron chi connectivity index (χ0n) is 9.98. The molecule has 98 valence electrons. The van der Waals surface area contributed by atoms with Gasteiger partial charge in [-0.25, -0.2) is 4.79 Å². The van der Waals surface area contributed by atoms with Crippen molar-refractivity contribution in [2.24, 2.45) is 0 Å². The van der Waals surface area contributed by atoms with Gasteiger partial charge < -0.3 is 9.84 Å². The number of rotatable bonds is 3. The quantitative estimate of drug-likeness (QED) is 0.863. The monoisotopic (exact) mass is 340 g/mol. The molecule has 0 aliphatic rings. The highest BCUT2D eigenvalue weighted by Gasteiger charge is 2.10. The summed E-state index contributed by atoms with van der Waals surface area (Å²) in [6.45, 7) is 1.98. The number of ether oxygens (including phenoxy) is 1. The van der Waals surface area contributed by atoms with Gasteiger partial charge in [-0.05, 0) is 58.7 Å². The molecule has 1 N–H and O–H groups in total. The summed E-state index contributed by atoms with van der Waals surface area (Å²) in [6, 6.07) is 10.0. The van der Waals surface area contributed by atoms with E-state index in [0.29, 0.717) is 11.5 Å². The Labute approximate surface area is 123 Å². The summed E-state index contributed by atoms with van der Waals surface area (Å²) >= 11 is 9.41. The second-order valence-electron chi connectivity index (χ2n) is 3.99. The van der Waals surface area contributed by atoms with E-state index in [4.69, 9.17) is 21.4 Å². The Kier molecular flexibility index (Phi) is 4.12. The molecule has 0 saturated heterocycles. The lowest BCUT2D eigenvalue weighted by atomic mass is 10.2. The molecule has 0 aromatic heterocycles. The third kappa shape index (κ3) is 3.28. The molecular weight excluding hydrogens is 332 g/mol. The Morgan fingerprint density at radius 2 is 1.89 bits per heavy atom. The number of benzene rings is 2. The predicted molar refractivity (Wildman–Crippen MR) is 77.4 cm³/mol. The zero-order chi connectivity index (χ0) is 14.0. The average Bonchev–Trinajstić information content (AvgIpc) is 2.34. The second kappa shape index (κ2) is 5.63. The molecule has 19 heavy (non-hydrogen) atoms. The molecule has 0 saturated carbocycles. The highest BCUT2D eigenvalue weighted by atomic mass is 79.9. The van der Waals surface area contributed by atoms with Gasteiger partial charge in [-0.2, -0.15) is 0 Å². The lowest BCUT2D eigenvalue weighted by Gasteiger charge is -2.10. The fourth-order valence-electron chi connectivity index (χ4n) is 1.52. The lowest BCUT2D eigenvalue weighted by Crippen LogP contribution is -1.96. The minimum absolute atomic E-state index is 0.125. The minimum atomic E-state index is -1.02. The molecule has 0 unspecified atom stereocenters. The van der Waals surface area contributed by atoms with E-state index in [9.17, 15) is 4.79 Å². The number of carbonyl (C=O) groups is 1. The number of hydrogen-bond acceptors (Lipinski definition) is 2. The standard InChI is InChI=1S/C14H10BrClO3/c1-8-2-4-12(10(15)6-8)19-13-5-3-9(14(17)18)7-11(13)16/h2-7H,1H3,(H,17,18). The van der Waals surface area contributed by atoms with Crippen molar-refractivity contribution >= 4 is 33.5 Å². The van der Waals surface area contributed by atoms with Crippen LogP contribution in [-0.2, 0) is 0 Å². The van der Waals surface area contributed by atoms with Crippen LogP contribution >= 0.6 is 27.5 Å². The van der Waals surface area contributed by atoms with Crippen LogP contribution in [0.2, 0.25) is 5.02 Å². The topological polar surface area (TPSA) is 46.5 Å². The molecule has 5 heteroatoms. The van der Waals surface area contributed by atoms with Crippen LogP contribution in [0.5, 0.6) is 11.5 Å². The van der Waals surface area contributed by atoms with Crippen LogP contribution in [0.3, 0.4) is 0 Å². The van der Waals surface area contributed by atoms with E-state index in [-0.39, 0.29) is 10.6 Å². The molecule has 0 amide bonds. The summed E-state index contributed by atoms with van der Waals surface area (Å²) in [4.78, 5) is 10.8. The molecule has 0 atom stereocenters. The number of carboxylic acid groups (broad SMARTS) is 1. The van der Waals surface area contributed by atoms with Crippen molar-refractivity contribution in [3.05, 3.63) is 57.0 Å². The maximum Gasteiger partial charge on any atom is 0.335 e. The van der Waals surface area contributed by atoms with Gasteiger partial charge in [0.1, 0.15) is 11.5 Å². The van der Waals surface area contributed by atoms with Crippen LogP contribution in [0.15, 0.2) is 40.9 Å². The van der Waals surface area contributed by atoms with Crippen molar-refractivity contribution < 1.29 is 14.6 Å². The van der Waals surface area contributed by atoms with Gasteiger partial charge in [0.2, 0.25) is 0 Å². The minimum Gasteiger partial charge on any atom is -0.478 e. The summed E-state index contributed by atoms with van der Waals surface area (Å²) in [5.74, 6) is 0.0109. The van der Waals surface area contributed by atoms with Gasteiger partial charge in [-0.3, -0.25) is 0 Å². The maximum absolute atomic E-state index is 10.8. The van der Waals surface area contributed by atoms with Crippen molar-refractivity contribution in [3.8, 4) is 11.5 Å². The highest BCUT2D eigenvalue weighted by molar-refractivity contribution is 9.10. The lowest BCUT2D eigenvalue weighted by molar-refractivity contribution is 0.0697. The Hall–Kier alpha value is -1.52. The largest absolute Gasteiger partial charge is 0.478 e. The van der Waals surface area contributed by atoms with Gasteiger partial charge in [0, 0.05) is 0 Å². The normalized spacial score (nSPS) is 10.3. The van der Waals surface area contributed by atoms with Gasteiger partial charge in [0.05, 0.1) is 15.1 Å². The third-order valence-corrected chi connectivity index (χ3v) is 3.40. The average molecular weight is 342 g/mol. The Morgan fingerprint density at radius 1 is 1.21 bits per heavy atom. The van der Waals surface area contributed by atoms with Crippen LogP contribution in [-0.4, -0.2) is 11.1 Å². The van der Waals surface area contributed by atoms with E-state index in [1.165, 1.54) is 18.2 Å². The van der Waals surface area contributed by atoms with Gasteiger partial charge in [0.15, 0.2) is 0 Å². The van der Waals surface area contributed by atoms with Crippen LogP contribution in [0, 0.1) is 6.92 Å². The van der Waals surface area contributed by atoms with Gasteiger partial charge >= 0.3 is 5.97 Å².